The summed E-state index contributed by atoms with van der Waals surface area (Å²) < 4.78 is 5.23. The van der Waals surface area contributed by atoms with E-state index >= 15 is 0 Å². The van der Waals surface area contributed by atoms with Crippen LogP contribution in [0.5, 0.6) is 0 Å². The summed E-state index contributed by atoms with van der Waals surface area (Å²) in [6.07, 6.45) is 1.26. The van der Waals surface area contributed by atoms with Crippen molar-refractivity contribution in [3.8, 4) is 11.3 Å². The molecule has 1 aromatic heterocycles. The zero-order valence-corrected chi connectivity index (χ0v) is 9.81. The Morgan fingerprint density at radius 2 is 1.88 bits per heavy atom. The molecule has 3 heteroatoms. The normalized spacial score (nSPS) is 10.8. The molecule has 0 saturated carbocycles. The van der Waals surface area contributed by atoms with Gasteiger partial charge in [0.05, 0.1) is 5.56 Å². The second-order valence-corrected chi connectivity index (χ2v) is 4.28. The first-order valence-corrected chi connectivity index (χ1v) is 5.50. The molecule has 0 aliphatic rings. The lowest BCUT2D eigenvalue weighted by Gasteiger charge is -2.05. The summed E-state index contributed by atoms with van der Waals surface area (Å²) in [5, 5.41) is 8.80. The maximum Gasteiger partial charge on any atom is 0.338 e. The molecule has 0 aliphatic heterocycles. The fourth-order valence-electron chi connectivity index (χ4n) is 1.63. The highest BCUT2D eigenvalue weighted by molar-refractivity contribution is 5.88. The van der Waals surface area contributed by atoms with Crippen molar-refractivity contribution >= 4 is 5.97 Å². The molecule has 0 spiro atoms. The Morgan fingerprint density at radius 1 is 1.24 bits per heavy atom. The van der Waals surface area contributed by atoms with Crippen LogP contribution in [0.2, 0.25) is 0 Å². The van der Waals surface area contributed by atoms with E-state index in [1.165, 1.54) is 17.9 Å². The first-order chi connectivity index (χ1) is 8.08. The number of carboxylic acids is 1. The molecule has 3 nitrogen and oxygen atoms in total. The number of aromatic carboxylic acids is 1. The van der Waals surface area contributed by atoms with E-state index in [1.807, 2.05) is 24.3 Å². The first-order valence-electron chi connectivity index (χ1n) is 5.50. The Kier molecular flexibility index (Phi) is 3.00. The summed E-state index contributed by atoms with van der Waals surface area (Å²) in [5.41, 5.74) is 2.31. The second-order valence-electron chi connectivity index (χ2n) is 4.28. The maximum absolute atomic E-state index is 10.7. The minimum atomic E-state index is -0.973. The highest BCUT2D eigenvalue weighted by Crippen LogP contribution is 2.24. The smallest absolute Gasteiger partial charge is 0.338 e. The van der Waals surface area contributed by atoms with E-state index in [1.54, 1.807) is 0 Å². The van der Waals surface area contributed by atoms with Gasteiger partial charge < -0.3 is 9.52 Å². The fourth-order valence-corrected chi connectivity index (χ4v) is 1.63. The molecule has 1 N–H and O–H groups in total. The third-order valence-electron chi connectivity index (χ3n) is 2.71. The molecule has 0 radical (unpaired) electrons. The van der Waals surface area contributed by atoms with Gasteiger partial charge in [0.1, 0.15) is 12.0 Å². The van der Waals surface area contributed by atoms with Crippen molar-refractivity contribution in [3.63, 3.8) is 0 Å². The van der Waals surface area contributed by atoms with Crippen molar-refractivity contribution < 1.29 is 14.3 Å². The third kappa shape index (κ3) is 2.38. The molecule has 2 aromatic rings. The number of rotatable bonds is 3. The van der Waals surface area contributed by atoms with Gasteiger partial charge in [-0.25, -0.2) is 4.79 Å². The van der Waals surface area contributed by atoms with Gasteiger partial charge in [-0.3, -0.25) is 0 Å². The van der Waals surface area contributed by atoms with Crippen molar-refractivity contribution in [2.75, 3.05) is 0 Å². The second kappa shape index (κ2) is 4.45. The van der Waals surface area contributed by atoms with Crippen LogP contribution in [0.1, 0.15) is 35.7 Å². The predicted octanol–water partition coefficient (Wildman–Crippen LogP) is 3.77. The van der Waals surface area contributed by atoms with E-state index in [4.69, 9.17) is 9.52 Å². The van der Waals surface area contributed by atoms with Gasteiger partial charge in [0.25, 0.3) is 0 Å². The molecule has 88 valence electrons. The first kappa shape index (κ1) is 11.5. The lowest BCUT2D eigenvalue weighted by atomic mass is 10.0. The van der Waals surface area contributed by atoms with Gasteiger partial charge in [-0.2, -0.15) is 0 Å². The number of carbonyl (C=O) groups is 1. The predicted molar refractivity (Wildman–Crippen MR) is 65.2 cm³/mol. The van der Waals surface area contributed by atoms with Crippen LogP contribution in [0.4, 0.5) is 0 Å². The number of benzene rings is 1. The minimum Gasteiger partial charge on any atom is -0.478 e. The summed E-state index contributed by atoms with van der Waals surface area (Å²) in [5.74, 6) is 0.0896. The standard InChI is InChI=1S/C14H14O3/c1-9(2)10-3-5-11(6-4-10)13-7-12(8-17-13)14(15)16/h3-9H,1-2H3,(H,15,16). The molecule has 0 saturated heterocycles. The van der Waals surface area contributed by atoms with E-state index in [0.29, 0.717) is 11.7 Å². The van der Waals surface area contributed by atoms with E-state index in [2.05, 4.69) is 13.8 Å². The van der Waals surface area contributed by atoms with Gasteiger partial charge in [-0.15, -0.1) is 0 Å². The molecule has 0 unspecified atom stereocenters. The molecular weight excluding hydrogens is 216 g/mol. The van der Waals surface area contributed by atoms with Crippen LogP contribution in [0.15, 0.2) is 41.0 Å². The Hall–Kier alpha value is -2.03. The van der Waals surface area contributed by atoms with Crippen molar-refractivity contribution in [2.45, 2.75) is 19.8 Å². The summed E-state index contributed by atoms with van der Waals surface area (Å²) in [4.78, 5) is 10.7. The highest BCUT2D eigenvalue weighted by atomic mass is 16.4. The Labute approximate surface area is 99.7 Å². The van der Waals surface area contributed by atoms with Gasteiger partial charge >= 0.3 is 5.97 Å². The molecule has 0 aliphatic carbocycles. The fraction of sp³-hybridized carbons (Fsp3) is 0.214. The lowest BCUT2D eigenvalue weighted by molar-refractivity contribution is 0.0696. The molecule has 2 rings (SSSR count). The number of furan rings is 1. The van der Waals surface area contributed by atoms with Crippen LogP contribution in [0.25, 0.3) is 11.3 Å². The largest absolute Gasteiger partial charge is 0.478 e. The number of hydrogen-bond acceptors (Lipinski definition) is 2. The summed E-state index contributed by atoms with van der Waals surface area (Å²) in [6.45, 7) is 4.26. The molecule has 1 aromatic carbocycles. The topological polar surface area (TPSA) is 50.4 Å². The van der Waals surface area contributed by atoms with Gasteiger partial charge in [0.2, 0.25) is 0 Å². The van der Waals surface area contributed by atoms with Crippen molar-refractivity contribution in [2.24, 2.45) is 0 Å². The van der Waals surface area contributed by atoms with Crippen LogP contribution in [-0.2, 0) is 0 Å². The van der Waals surface area contributed by atoms with E-state index in [9.17, 15) is 4.79 Å². The van der Waals surface area contributed by atoms with Gasteiger partial charge in [-0.05, 0) is 17.5 Å². The SMILES string of the molecule is CC(C)c1ccc(-c2cc(C(=O)O)co2)cc1. The molecule has 0 atom stereocenters. The lowest BCUT2D eigenvalue weighted by Crippen LogP contribution is -1.91. The zero-order valence-electron chi connectivity index (χ0n) is 9.81. The van der Waals surface area contributed by atoms with E-state index in [0.717, 1.165) is 5.56 Å². The average Bonchev–Trinajstić information content (AvgIpc) is 2.78. The van der Waals surface area contributed by atoms with Gasteiger partial charge in [0, 0.05) is 5.56 Å². The number of hydrogen-bond donors (Lipinski definition) is 1. The van der Waals surface area contributed by atoms with Crippen molar-refractivity contribution in [3.05, 3.63) is 47.7 Å². The molecular formula is C14H14O3. The summed E-state index contributed by atoms with van der Waals surface area (Å²) in [6, 6.07) is 9.48. The maximum atomic E-state index is 10.7. The monoisotopic (exact) mass is 230 g/mol. The molecule has 0 fully saturated rings. The van der Waals surface area contributed by atoms with Crippen LogP contribution < -0.4 is 0 Å². The van der Waals surface area contributed by atoms with Crippen LogP contribution >= 0.6 is 0 Å². The summed E-state index contributed by atoms with van der Waals surface area (Å²) in [7, 11) is 0. The third-order valence-corrected chi connectivity index (χ3v) is 2.71. The van der Waals surface area contributed by atoms with Gasteiger partial charge in [0.15, 0.2) is 0 Å². The van der Waals surface area contributed by atoms with Gasteiger partial charge in [-0.1, -0.05) is 38.1 Å². The Bertz CT molecular complexity index is 521. The Balaban J connectivity index is 2.30. The van der Waals surface area contributed by atoms with Crippen LogP contribution in [0.3, 0.4) is 0 Å². The Morgan fingerprint density at radius 3 is 2.35 bits per heavy atom. The minimum absolute atomic E-state index is 0.174. The molecule has 0 amide bonds. The summed E-state index contributed by atoms with van der Waals surface area (Å²) >= 11 is 0. The van der Waals surface area contributed by atoms with Crippen molar-refractivity contribution in [1.29, 1.82) is 0 Å². The van der Waals surface area contributed by atoms with E-state index in [-0.39, 0.29) is 5.56 Å². The van der Waals surface area contributed by atoms with E-state index < -0.39 is 5.97 Å². The zero-order chi connectivity index (χ0) is 12.4. The molecule has 1 heterocycles. The van der Waals surface area contributed by atoms with Crippen LogP contribution in [-0.4, -0.2) is 11.1 Å². The molecule has 0 bridgehead atoms. The quantitative estimate of drug-likeness (QED) is 0.873. The average molecular weight is 230 g/mol. The van der Waals surface area contributed by atoms with Crippen LogP contribution in [0, 0.1) is 0 Å². The van der Waals surface area contributed by atoms with Crippen molar-refractivity contribution in [1.82, 2.24) is 0 Å². The molecule has 17 heavy (non-hydrogen) atoms. The highest BCUT2D eigenvalue weighted by Gasteiger charge is 2.09. The number of carboxylic acid groups (broad SMARTS) is 1.